The van der Waals surface area contributed by atoms with Gasteiger partial charge in [0.15, 0.2) is 5.60 Å². The highest BCUT2D eigenvalue weighted by molar-refractivity contribution is 5.97. The van der Waals surface area contributed by atoms with E-state index in [4.69, 9.17) is 14.2 Å². The number of phenols is 1. The summed E-state index contributed by atoms with van der Waals surface area (Å²) >= 11 is 0. The molecule has 1 unspecified atom stereocenters. The van der Waals surface area contributed by atoms with E-state index in [9.17, 15) is 14.7 Å². The van der Waals surface area contributed by atoms with Gasteiger partial charge in [-0.05, 0) is 30.3 Å². The number of carbonyl (C=O) groups excluding carboxylic acids is 2. The van der Waals surface area contributed by atoms with Gasteiger partial charge in [0.25, 0.3) is 0 Å². The highest BCUT2D eigenvalue weighted by atomic mass is 16.6. The molecule has 2 aliphatic rings. The third-order valence-electron chi connectivity index (χ3n) is 5.51. The number of fused-ring (bicyclic) bond motifs is 6. The summed E-state index contributed by atoms with van der Waals surface area (Å²) in [5, 5.41) is 12.7. The third-order valence-corrected chi connectivity index (χ3v) is 5.51. The topological polar surface area (TPSA) is 103 Å². The fourth-order valence-corrected chi connectivity index (χ4v) is 4.12. The molecule has 1 atom stereocenters. The fraction of sp³-hybridized carbons (Fsp3) is 0.0435. The first kappa shape index (κ1) is 17.4. The smallest absolute Gasteiger partial charge is 0.438 e. The van der Waals surface area contributed by atoms with Crippen molar-refractivity contribution in [2.45, 2.75) is 5.60 Å². The summed E-state index contributed by atoms with van der Waals surface area (Å²) in [7, 11) is 0. The number of hydrogen-bond acceptors (Lipinski definition) is 6. The van der Waals surface area contributed by atoms with E-state index in [1.165, 1.54) is 23.0 Å². The predicted octanol–water partition coefficient (Wildman–Crippen LogP) is 4.14. The molecule has 3 aromatic carbocycles. The molecule has 0 radical (unpaired) electrons. The highest BCUT2D eigenvalue weighted by Gasteiger charge is 2.53. The average Bonchev–Trinajstić information content (AvgIpc) is 3.00. The SMILES string of the molecule is O=C1OC2(c3ccc(O)cc3Oc3cc(OC(=O)n4cc[nH]4)ccc32)c2ccccc21. The number of rotatable bonds is 1. The minimum atomic E-state index is -1.24. The monoisotopic (exact) mass is 414 g/mol. The fourth-order valence-electron chi connectivity index (χ4n) is 4.12. The van der Waals surface area contributed by atoms with E-state index < -0.39 is 17.7 Å². The second kappa shape index (κ2) is 6.02. The van der Waals surface area contributed by atoms with Crippen molar-refractivity contribution in [3.63, 3.8) is 0 Å². The molecule has 0 bridgehead atoms. The number of ether oxygens (including phenoxy) is 3. The molecular formula is C23H14N2O6. The maximum Gasteiger partial charge on any atom is 0.438 e. The van der Waals surface area contributed by atoms with Gasteiger partial charge in [0.1, 0.15) is 23.0 Å². The van der Waals surface area contributed by atoms with Crippen molar-refractivity contribution in [1.82, 2.24) is 9.78 Å². The van der Waals surface area contributed by atoms with Crippen LogP contribution in [0.1, 0.15) is 27.0 Å². The van der Waals surface area contributed by atoms with Gasteiger partial charge in [0.2, 0.25) is 0 Å². The van der Waals surface area contributed by atoms with E-state index >= 15 is 0 Å². The molecule has 31 heavy (non-hydrogen) atoms. The van der Waals surface area contributed by atoms with Crippen molar-refractivity contribution in [3.05, 3.63) is 95.3 Å². The summed E-state index contributed by atoms with van der Waals surface area (Å²) < 4.78 is 18.6. The second-order valence-electron chi connectivity index (χ2n) is 7.24. The van der Waals surface area contributed by atoms with E-state index in [0.29, 0.717) is 33.8 Å². The van der Waals surface area contributed by atoms with Gasteiger partial charge in [-0.3, -0.25) is 5.10 Å². The van der Waals surface area contributed by atoms with Crippen molar-refractivity contribution in [2.75, 3.05) is 0 Å². The van der Waals surface area contributed by atoms with Crippen LogP contribution < -0.4 is 9.47 Å². The Balaban J connectivity index is 1.54. The van der Waals surface area contributed by atoms with Crippen molar-refractivity contribution >= 4 is 12.1 Å². The van der Waals surface area contributed by atoms with Gasteiger partial charge in [0, 0.05) is 35.0 Å². The zero-order chi connectivity index (χ0) is 21.2. The standard InChI is InChI=1S/C23H14N2O6/c26-13-5-7-17-19(11-13)30-20-12-14(29-22(28)25-10-9-24-25)6-8-18(20)23(17)16-4-2-1-3-15(16)21(27)31-23/h1-12,24,26H. The molecule has 0 aliphatic carbocycles. The van der Waals surface area contributed by atoms with Crippen molar-refractivity contribution in [1.29, 1.82) is 0 Å². The first-order valence-corrected chi connectivity index (χ1v) is 9.49. The molecule has 4 aromatic rings. The Kier molecular flexibility index (Phi) is 3.38. The summed E-state index contributed by atoms with van der Waals surface area (Å²) in [6.45, 7) is 0. The zero-order valence-electron chi connectivity index (χ0n) is 15.9. The molecule has 152 valence electrons. The number of H-pyrrole nitrogens is 1. The first-order chi connectivity index (χ1) is 15.1. The number of phenolic OH excluding ortho intramolecular Hbond substituents is 1. The molecule has 1 spiro atoms. The van der Waals surface area contributed by atoms with Gasteiger partial charge >= 0.3 is 12.1 Å². The number of carbonyl (C=O) groups is 2. The summed E-state index contributed by atoms with van der Waals surface area (Å²) in [4.78, 5) is 24.9. The maximum atomic E-state index is 12.8. The van der Waals surface area contributed by atoms with E-state index in [0.717, 1.165) is 0 Å². The molecule has 0 amide bonds. The van der Waals surface area contributed by atoms with Crippen LogP contribution in [0.5, 0.6) is 23.0 Å². The quantitative estimate of drug-likeness (QED) is 0.454. The third kappa shape index (κ3) is 2.35. The lowest BCUT2D eigenvalue weighted by molar-refractivity contribution is 0.0224. The number of aromatic amines is 1. The van der Waals surface area contributed by atoms with E-state index in [1.54, 1.807) is 42.6 Å². The van der Waals surface area contributed by atoms with E-state index in [-0.39, 0.29) is 11.5 Å². The molecular weight excluding hydrogens is 400 g/mol. The maximum absolute atomic E-state index is 12.8. The Hall–Kier alpha value is -4.46. The predicted molar refractivity (Wildman–Crippen MR) is 107 cm³/mol. The largest absolute Gasteiger partial charge is 0.508 e. The summed E-state index contributed by atoms with van der Waals surface area (Å²) in [6.07, 6.45) is 2.51. The van der Waals surface area contributed by atoms with Gasteiger partial charge in [-0.2, -0.15) is 4.68 Å². The van der Waals surface area contributed by atoms with Gasteiger partial charge in [-0.15, -0.1) is 0 Å². The number of esters is 1. The van der Waals surface area contributed by atoms with E-state index in [1.807, 2.05) is 12.1 Å². The molecule has 0 saturated heterocycles. The minimum Gasteiger partial charge on any atom is -0.508 e. The number of nitrogens with one attached hydrogen (secondary N) is 1. The Morgan fingerprint density at radius 1 is 1.00 bits per heavy atom. The summed E-state index contributed by atoms with van der Waals surface area (Å²) in [6, 6.07) is 16.7. The zero-order valence-corrected chi connectivity index (χ0v) is 15.9. The van der Waals surface area contributed by atoms with Gasteiger partial charge in [-0.1, -0.05) is 18.2 Å². The molecule has 6 rings (SSSR count). The van der Waals surface area contributed by atoms with Crippen LogP contribution in [0.4, 0.5) is 4.79 Å². The van der Waals surface area contributed by atoms with Crippen LogP contribution in [0.25, 0.3) is 0 Å². The molecule has 2 N–H and O–H groups in total. The highest BCUT2D eigenvalue weighted by Crippen LogP contribution is 2.56. The van der Waals surface area contributed by atoms with E-state index in [2.05, 4.69) is 5.10 Å². The van der Waals surface area contributed by atoms with Crippen LogP contribution in [0.2, 0.25) is 0 Å². The normalized spacial score (nSPS) is 18.0. The van der Waals surface area contributed by atoms with Crippen molar-refractivity contribution in [2.24, 2.45) is 0 Å². The Morgan fingerprint density at radius 2 is 1.74 bits per heavy atom. The molecule has 8 heteroatoms. The molecule has 8 nitrogen and oxygen atoms in total. The number of hydrogen-bond donors (Lipinski definition) is 2. The minimum absolute atomic E-state index is 0.00758. The number of benzene rings is 3. The van der Waals surface area contributed by atoms with Gasteiger partial charge in [0.05, 0.1) is 11.8 Å². The van der Waals surface area contributed by atoms with Gasteiger partial charge in [-0.25, -0.2) is 9.59 Å². The van der Waals surface area contributed by atoms with Crippen molar-refractivity contribution < 1.29 is 28.9 Å². The van der Waals surface area contributed by atoms with Crippen LogP contribution in [0.3, 0.4) is 0 Å². The Labute approximate surface area is 175 Å². The van der Waals surface area contributed by atoms with Crippen LogP contribution >= 0.6 is 0 Å². The molecule has 1 aromatic heterocycles. The molecule has 0 saturated carbocycles. The van der Waals surface area contributed by atoms with Crippen LogP contribution in [0.15, 0.2) is 73.1 Å². The van der Waals surface area contributed by atoms with Crippen LogP contribution in [0, 0.1) is 0 Å². The average molecular weight is 414 g/mol. The lowest BCUT2D eigenvalue weighted by atomic mass is 9.77. The first-order valence-electron chi connectivity index (χ1n) is 9.49. The number of nitrogens with zero attached hydrogens (tertiary/aromatic N) is 1. The summed E-state index contributed by atoms with van der Waals surface area (Å²) in [5.41, 5.74) is 1.08. The lowest BCUT2D eigenvalue weighted by Gasteiger charge is -2.36. The Morgan fingerprint density at radius 3 is 2.52 bits per heavy atom. The molecule has 0 fully saturated rings. The number of aromatic hydroxyl groups is 1. The van der Waals surface area contributed by atoms with Crippen LogP contribution in [-0.2, 0) is 10.3 Å². The lowest BCUT2D eigenvalue weighted by Crippen LogP contribution is -2.33. The molecule has 2 aliphatic heterocycles. The van der Waals surface area contributed by atoms with Crippen LogP contribution in [-0.4, -0.2) is 26.9 Å². The summed E-state index contributed by atoms with van der Waals surface area (Å²) in [5.74, 6) is 0.497. The van der Waals surface area contributed by atoms with Crippen molar-refractivity contribution in [3.8, 4) is 23.0 Å². The molecule has 3 heterocycles. The van der Waals surface area contributed by atoms with Gasteiger partial charge < -0.3 is 19.3 Å². The Bertz CT molecular complexity index is 1380. The second-order valence-corrected chi connectivity index (χ2v) is 7.24. The number of aromatic nitrogens is 2.